The summed E-state index contributed by atoms with van der Waals surface area (Å²) >= 11 is 0. The van der Waals surface area contributed by atoms with Crippen molar-refractivity contribution in [3.63, 3.8) is 0 Å². The van der Waals surface area contributed by atoms with Gasteiger partial charge in [-0.3, -0.25) is 0 Å². The summed E-state index contributed by atoms with van der Waals surface area (Å²) in [5.74, 6) is -0.706. The molecule has 0 aliphatic carbocycles. The smallest absolute Gasteiger partial charge is 0.362 e. The Labute approximate surface area is 155 Å². The predicted octanol–water partition coefficient (Wildman–Crippen LogP) is 4.76. The van der Waals surface area contributed by atoms with Crippen LogP contribution in [0, 0.1) is 0 Å². The Kier molecular flexibility index (Phi) is 13.8. The highest BCUT2D eigenvalue weighted by Gasteiger charge is 2.41. The van der Waals surface area contributed by atoms with Crippen LogP contribution in [0.15, 0.2) is 12.2 Å². The van der Waals surface area contributed by atoms with E-state index in [1.165, 1.54) is 0 Å². The summed E-state index contributed by atoms with van der Waals surface area (Å²) < 4.78 is 0.535. The summed E-state index contributed by atoms with van der Waals surface area (Å²) in [5, 5.41) is 20.5. The summed E-state index contributed by atoms with van der Waals surface area (Å²) in [6, 6.07) is -0.405. The first kappa shape index (κ1) is 24.1. The fraction of sp³-hybridized carbons (Fsp3) is 0.857. The Morgan fingerprint density at radius 3 is 2.00 bits per heavy atom. The van der Waals surface area contributed by atoms with Gasteiger partial charge in [0.1, 0.15) is 12.6 Å². The Morgan fingerprint density at radius 2 is 1.56 bits per heavy atom. The number of hydrogen-bond donors (Lipinski definition) is 2. The maximum Gasteiger partial charge on any atom is 0.362 e. The molecule has 0 fully saturated rings. The third-order valence-corrected chi connectivity index (χ3v) is 5.03. The first-order valence-electron chi connectivity index (χ1n) is 10.4. The molecule has 0 aromatic rings. The summed E-state index contributed by atoms with van der Waals surface area (Å²) in [4.78, 5) is 12.0. The third kappa shape index (κ3) is 9.41. The molecule has 0 saturated carbocycles. The van der Waals surface area contributed by atoms with Crippen LogP contribution in [-0.4, -0.2) is 52.4 Å². The molecule has 2 unspecified atom stereocenters. The zero-order chi connectivity index (χ0) is 19.1. The van der Waals surface area contributed by atoms with Crippen molar-refractivity contribution in [2.75, 3.05) is 19.6 Å². The van der Waals surface area contributed by atoms with E-state index >= 15 is 0 Å². The summed E-state index contributed by atoms with van der Waals surface area (Å²) in [6.45, 7) is 10.7. The van der Waals surface area contributed by atoms with Gasteiger partial charge in [0.15, 0.2) is 6.04 Å². The van der Waals surface area contributed by atoms with Gasteiger partial charge in [0.05, 0.1) is 13.1 Å². The van der Waals surface area contributed by atoms with Gasteiger partial charge in [-0.25, -0.2) is 4.79 Å². The van der Waals surface area contributed by atoms with Crippen LogP contribution in [0.25, 0.3) is 0 Å². The number of unbranched alkanes of at least 4 members (excludes halogenated alkanes) is 3. The average molecular weight is 357 g/mol. The standard InChI is InChI=1S/C21H41NO3/c1-5-9-12-13-15-19(23)18-22(16-10-6-2,17-11-7-3)20(14-8-4)21(24)25/h12-13,19-20,23H,5-11,14-18H2,1-4H3/p+1/b13-12+. The Bertz CT molecular complexity index is 360. The molecule has 25 heavy (non-hydrogen) atoms. The summed E-state index contributed by atoms with van der Waals surface area (Å²) in [5.41, 5.74) is 0. The second-order valence-corrected chi connectivity index (χ2v) is 7.35. The lowest BCUT2D eigenvalue weighted by atomic mass is 10.0. The molecule has 0 bridgehead atoms. The van der Waals surface area contributed by atoms with Crippen molar-refractivity contribution in [3.05, 3.63) is 12.2 Å². The maximum atomic E-state index is 12.0. The van der Waals surface area contributed by atoms with E-state index in [2.05, 4.69) is 32.9 Å². The van der Waals surface area contributed by atoms with Crippen molar-refractivity contribution in [2.24, 2.45) is 0 Å². The molecule has 0 aromatic carbocycles. The second-order valence-electron chi connectivity index (χ2n) is 7.35. The normalized spacial score (nSPS) is 14.8. The van der Waals surface area contributed by atoms with Crippen LogP contribution in [0.5, 0.6) is 0 Å². The molecule has 2 N–H and O–H groups in total. The van der Waals surface area contributed by atoms with Gasteiger partial charge < -0.3 is 14.7 Å². The average Bonchev–Trinajstić information content (AvgIpc) is 2.59. The van der Waals surface area contributed by atoms with Crippen LogP contribution in [0.1, 0.15) is 85.5 Å². The van der Waals surface area contributed by atoms with Crippen LogP contribution in [0.2, 0.25) is 0 Å². The van der Waals surface area contributed by atoms with Crippen molar-refractivity contribution in [1.82, 2.24) is 0 Å². The third-order valence-electron chi connectivity index (χ3n) is 5.03. The number of aliphatic carboxylic acids is 1. The van der Waals surface area contributed by atoms with Crippen molar-refractivity contribution >= 4 is 5.97 Å². The number of aliphatic hydroxyl groups is 1. The Hall–Kier alpha value is -0.870. The quantitative estimate of drug-likeness (QED) is 0.309. The van der Waals surface area contributed by atoms with Gasteiger partial charge in [-0.2, -0.15) is 0 Å². The van der Waals surface area contributed by atoms with E-state index < -0.39 is 18.1 Å². The number of allylic oxidation sites excluding steroid dienone is 1. The highest BCUT2D eigenvalue weighted by atomic mass is 16.4. The Morgan fingerprint density at radius 1 is 0.960 bits per heavy atom. The van der Waals surface area contributed by atoms with E-state index in [1.54, 1.807) is 0 Å². The van der Waals surface area contributed by atoms with Gasteiger partial charge in [0.2, 0.25) is 0 Å². The topological polar surface area (TPSA) is 57.5 Å². The van der Waals surface area contributed by atoms with Crippen LogP contribution in [0.3, 0.4) is 0 Å². The highest BCUT2D eigenvalue weighted by molar-refractivity contribution is 5.72. The number of carboxylic acid groups (broad SMARTS) is 1. The van der Waals surface area contributed by atoms with Crippen LogP contribution in [-0.2, 0) is 4.79 Å². The number of hydrogen-bond acceptors (Lipinski definition) is 2. The molecular formula is C21H42NO3+. The lowest BCUT2D eigenvalue weighted by Crippen LogP contribution is -2.62. The number of rotatable bonds is 16. The van der Waals surface area contributed by atoms with E-state index in [4.69, 9.17) is 0 Å². The first-order chi connectivity index (χ1) is 12.0. The number of nitrogens with zero attached hydrogens (tertiary/aromatic N) is 1. The van der Waals surface area contributed by atoms with E-state index in [0.29, 0.717) is 23.9 Å². The summed E-state index contributed by atoms with van der Waals surface area (Å²) in [7, 11) is 0. The SMILES string of the molecule is CCC/C=C/CC(O)C[N+](CCCC)(CCCC)C(CCC)C(=O)O. The molecule has 148 valence electrons. The first-order valence-corrected chi connectivity index (χ1v) is 10.4. The van der Waals surface area contributed by atoms with Gasteiger partial charge in [-0.05, 0) is 32.1 Å². The minimum atomic E-state index is -0.706. The molecule has 4 heteroatoms. The lowest BCUT2D eigenvalue weighted by molar-refractivity contribution is -0.946. The van der Waals surface area contributed by atoms with Crippen LogP contribution >= 0.6 is 0 Å². The van der Waals surface area contributed by atoms with Crippen LogP contribution in [0.4, 0.5) is 0 Å². The van der Waals surface area contributed by atoms with Gasteiger partial charge >= 0.3 is 5.97 Å². The molecule has 2 atom stereocenters. The van der Waals surface area contributed by atoms with Crippen molar-refractivity contribution in [3.8, 4) is 0 Å². The molecular weight excluding hydrogens is 314 g/mol. The van der Waals surface area contributed by atoms with Gasteiger partial charge in [0.25, 0.3) is 0 Å². The van der Waals surface area contributed by atoms with Crippen LogP contribution < -0.4 is 0 Å². The number of aliphatic hydroxyl groups excluding tert-OH is 1. The zero-order valence-corrected chi connectivity index (χ0v) is 17.0. The summed E-state index contributed by atoms with van der Waals surface area (Å²) in [6.07, 6.45) is 12.1. The van der Waals surface area contributed by atoms with Gasteiger partial charge in [0, 0.05) is 6.42 Å². The van der Waals surface area contributed by atoms with Crippen molar-refractivity contribution < 1.29 is 19.5 Å². The van der Waals surface area contributed by atoms with Gasteiger partial charge in [-0.1, -0.05) is 59.1 Å². The van der Waals surface area contributed by atoms with E-state index in [-0.39, 0.29) is 0 Å². The molecule has 0 amide bonds. The molecule has 0 radical (unpaired) electrons. The molecule has 0 aliphatic rings. The molecule has 0 aliphatic heterocycles. The Balaban J connectivity index is 5.36. The van der Waals surface area contributed by atoms with Crippen molar-refractivity contribution in [2.45, 2.75) is 97.6 Å². The second kappa shape index (κ2) is 14.3. The molecule has 0 rings (SSSR count). The lowest BCUT2D eigenvalue weighted by Gasteiger charge is -2.44. The maximum absolute atomic E-state index is 12.0. The van der Waals surface area contributed by atoms with Gasteiger partial charge in [-0.15, -0.1) is 0 Å². The minimum Gasteiger partial charge on any atom is -0.477 e. The predicted molar refractivity (Wildman–Crippen MR) is 106 cm³/mol. The fourth-order valence-electron chi connectivity index (χ4n) is 3.62. The fourth-order valence-corrected chi connectivity index (χ4v) is 3.62. The number of quaternary nitrogens is 1. The molecule has 0 heterocycles. The van der Waals surface area contributed by atoms with E-state index in [0.717, 1.165) is 58.0 Å². The number of carbonyl (C=O) groups is 1. The monoisotopic (exact) mass is 356 g/mol. The molecule has 0 saturated heterocycles. The van der Waals surface area contributed by atoms with E-state index in [1.807, 2.05) is 6.92 Å². The molecule has 0 spiro atoms. The molecule has 4 nitrogen and oxygen atoms in total. The molecule has 0 aromatic heterocycles. The van der Waals surface area contributed by atoms with E-state index in [9.17, 15) is 15.0 Å². The highest BCUT2D eigenvalue weighted by Crippen LogP contribution is 2.24. The largest absolute Gasteiger partial charge is 0.477 e. The number of carboxylic acids is 1. The zero-order valence-electron chi connectivity index (χ0n) is 17.0. The van der Waals surface area contributed by atoms with Crippen molar-refractivity contribution in [1.29, 1.82) is 0 Å². The minimum absolute atomic E-state index is 0.405.